The molecule has 1 aromatic rings. The molecule has 3 heteroatoms. The van der Waals surface area contributed by atoms with E-state index in [0.29, 0.717) is 12.2 Å². The Labute approximate surface area is 164 Å². The molecular formula is C24H38F2O. The van der Waals surface area contributed by atoms with Gasteiger partial charge in [0.25, 0.3) is 0 Å². The van der Waals surface area contributed by atoms with Gasteiger partial charge in [0, 0.05) is 0 Å². The number of hydrogen-bond donors (Lipinski definition) is 0. The maximum Gasteiger partial charge on any atom is 0.200 e. The van der Waals surface area contributed by atoms with E-state index in [2.05, 4.69) is 13.8 Å². The summed E-state index contributed by atoms with van der Waals surface area (Å²) in [5, 5.41) is 0. The molecule has 0 atom stereocenters. The van der Waals surface area contributed by atoms with Crippen molar-refractivity contribution in [1.82, 2.24) is 0 Å². The third-order valence-electron chi connectivity index (χ3n) is 6.08. The van der Waals surface area contributed by atoms with Gasteiger partial charge in [-0.25, -0.2) is 4.39 Å². The van der Waals surface area contributed by atoms with Crippen LogP contribution in [-0.4, -0.2) is 6.61 Å². The number of ether oxygens (including phenoxy) is 1. The van der Waals surface area contributed by atoms with E-state index in [1.807, 2.05) is 0 Å². The zero-order valence-corrected chi connectivity index (χ0v) is 17.4. The van der Waals surface area contributed by atoms with Crippen LogP contribution in [0.3, 0.4) is 0 Å². The van der Waals surface area contributed by atoms with Crippen LogP contribution in [0, 0.1) is 17.6 Å². The van der Waals surface area contributed by atoms with Gasteiger partial charge in [-0.2, -0.15) is 4.39 Å². The summed E-state index contributed by atoms with van der Waals surface area (Å²) in [6.45, 7) is 4.88. The standard InChI is InChI=1S/C24H38F2O/c1-3-5-7-8-9-10-18-27-22-17-16-21(23(25)24(22)26)20-14-12-19(13-15-20)11-6-4-2/h16-17,19-20H,3-15,18H2,1-2H3/t19-,20-. The number of unbranched alkanes of at least 4 members (excludes halogenated alkanes) is 6. The van der Waals surface area contributed by atoms with E-state index in [0.717, 1.165) is 44.4 Å². The fourth-order valence-electron chi connectivity index (χ4n) is 4.29. The molecule has 0 saturated heterocycles. The van der Waals surface area contributed by atoms with Crippen LogP contribution < -0.4 is 4.74 Å². The van der Waals surface area contributed by atoms with Crippen LogP contribution in [0.5, 0.6) is 5.75 Å². The third-order valence-corrected chi connectivity index (χ3v) is 6.08. The fourth-order valence-corrected chi connectivity index (χ4v) is 4.29. The highest BCUT2D eigenvalue weighted by Gasteiger charge is 2.26. The van der Waals surface area contributed by atoms with Gasteiger partial charge in [-0.05, 0) is 55.6 Å². The highest BCUT2D eigenvalue weighted by Crippen LogP contribution is 2.40. The van der Waals surface area contributed by atoms with Crippen LogP contribution in [0.25, 0.3) is 0 Å². The predicted molar refractivity (Wildman–Crippen MR) is 109 cm³/mol. The van der Waals surface area contributed by atoms with E-state index in [9.17, 15) is 8.78 Å². The lowest BCUT2D eigenvalue weighted by atomic mass is 9.77. The van der Waals surface area contributed by atoms with Gasteiger partial charge in [0.1, 0.15) is 0 Å². The van der Waals surface area contributed by atoms with Crippen molar-refractivity contribution in [2.75, 3.05) is 6.61 Å². The fraction of sp³-hybridized carbons (Fsp3) is 0.750. The van der Waals surface area contributed by atoms with Gasteiger partial charge in [0.2, 0.25) is 5.82 Å². The van der Waals surface area contributed by atoms with Crippen LogP contribution in [0.2, 0.25) is 0 Å². The Balaban J connectivity index is 1.80. The van der Waals surface area contributed by atoms with E-state index in [1.165, 1.54) is 44.9 Å². The third kappa shape index (κ3) is 7.08. The van der Waals surface area contributed by atoms with Crippen molar-refractivity contribution in [3.8, 4) is 5.75 Å². The van der Waals surface area contributed by atoms with E-state index >= 15 is 0 Å². The molecule has 1 aromatic carbocycles. The van der Waals surface area contributed by atoms with Gasteiger partial charge in [-0.15, -0.1) is 0 Å². The minimum Gasteiger partial charge on any atom is -0.490 e. The first-order chi connectivity index (χ1) is 13.2. The Morgan fingerprint density at radius 3 is 2.19 bits per heavy atom. The molecule has 0 N–H and O–H groups in total. The smallest absolute Gasteiger partial charge is 0.200 e. The Kier molecular flexibility index (Phi) is 10.2. The zero-order valence-electron chi connectivity index (χ0n) is 17.4. The average molecular weight is 381 g/mol. The van der Waals surface area contributed by atoms with E-state index < -0.39 is 11.6 Å². The summed E-state index contributed by atoms with van der Waals surface area (Å²) in [7, 11) is 0. The average Bonchev–Trinajstić information content (AvgIpc) is 2.69. The van der Waals surface area contributed by atoms with Gasteiger partial charge in [0.05, 0.1) is 6.61 Å². The maximum atomic E-state index is 14.6. The van der Waals surface area contributed by atoms with Crippen molar-refractivity contribution < 1.29 is 13.5 Å². The quantitative estimate of drug-likeness (QED) is 0.332. The predicted octanol–water partition coefficient (Wildman–Crippen LogP) is 8.17. The van der Waals surface area contributed by atoms with Crippen molar-refractivity contribution in [2.45, 2.75) is 103 Å². The minimum absolute atomic E-state index is 0.0708. The summed E-state index contributed by atoms with van der Waals surface area (Å²) in [5.74, 6) is -0.487. The minimum atomic E-state index is -0.799. The molecule has 154 valence electrons. The molecule has 1 aliphatic rings. The molecular weight excluding hydrogens is 342 g/mol. The lowest BCUT2D eigenvalue weighted by molar-refractivity contribution is 0.279. The molecule has 0 radical (unpaired) electrons. The second-order valence-corrected chi connectivity index (χ2v) is 8.26. The second kappa shape index (κ2) is 12.4. The summed E-state index contributed by atoms with van der Waals surface area (Å²) in [6.07, 6.45) is 14.9. The summed E-state index contributed by atoms with van der Waals surface area (Å²) in [6, 6.07) is 3.39. The Hall–Kier alpha value is -1.12. The van der Waals surface area contributed by atoms with Gasteiger partial charge >= 0.3 is 0 Å². The molecule has 0 aliphatic heterocycles. The molecule has 2 rings (SSSR count). The number of hydrogen-bond acceptors (Lipinski definition) is 1. The molecule has 1 fully saturated rings. The van der Waals surface area contributed by atoms with Gasteiger partial charge in [-0.3, -0.25) is 0 Å². The van der Waals surface area contributed by atoms with Crippen LogP contribution >= 0.6 is 0 Å². The highest BCUT2D eigenvalue weighted by atomic mass is 19.2. The summed E-state index contributed by atoms with van der Waals surface area (Å²) >= 11 is 0. The van der Waals surface area contributed by atoms with Crippen LogP contribution in [0.1, 0.15) is 109 Å². The lowest BCUT2D eigenvalue weighted by Gasteiger charge is -2.29. The van der Waals surface area contributed by atoms with Gasteiger partial charge in [0.15, 0.2) is 11.6 Å². The van der Waals surface area contributed by atoms with Crippen molar-refractivity contribution in [3.63, 3.8) is 0 Å². The Morgan fingerprint density at radius 2 is 1.48 bits per heavy atom. The van der Waals surface area contributed by atoms with E-state index in [4.69, 9.17) is 4.74 Å². The summed E-state index contributed by atoms with van der Waals surface area (Å²) in [5.41, 5.74) is 0.549. The normalized spacial score (nSPS) is 20.0. The molecule has 0 bridgehead atoms. The number of rotatable bonds is 12. The largest absolute Gasteiger partial charge is 0.490 e. The van der Waals surface area contributed by atoms with Crippen molar-refractivity contribution in [3.05, 3.63) is 29.3 Å². The van der Waals surface area contributed by atoms with Gasteiger partial charge < -0.3 is 4.74 Å². The van der Waals surface area contributed by atoms with Crippen molar-refractivity contribution in [1.29, 1.82) is 0 Å². The first-order valence-electron chi connectivity index (χ1n) is 11.3. The SMILES string of the molecule is CCCCCCCCOc1ccc([C@H]2CC[C@H](CCCC)CC2)c(F)c1F. The molecule has 0 unspecified atom stereocenters. The molecule has 0 spiro atoms. The summed E-state index contributed by atoms with van der Waals surface area (Å²) < 4.78 is 34.6. The monoisotopic (exact) mass is 380 g/mol. The van der Waals surface area contributed by atoms with Crippen molar-refractivity contribution in [2.24, 2.45) is 5.92 Å². The first-order valence-corrected chi connectivity index (χ1v) is 11.3. The first kappa shape index (κ1) is 22.2. The highest BCUT2D eigenvalue weighted by molar-refractivity contribution is 5.33. The lowest BCUT2D eigenvalue weighted by Crippen LogP contribution is -2.15. The summed E-state index contributed by atoms with van der Waals surface area (Å²) in [4.78, 5) is 0. The molecule has 1 aliphatic carbocycles. The van der Waals surface area contributed by atoms with E-state index in [1.54, 1.807) is 12.1 Å². The molecule has 1 saturated carbocycles. The molecule has 0 aromatic heterocycles. The van der Waals surface area contributed by atoms with Crippen LogP contribution in [0.15, 0.2) is 12.1 Å². The second-order valence-electron chi connectivity index (χ2n) is 8.26. The van der Waals surface area contributed by atoms with Crippen molar-refractivity contribution >= 4 is 0 Å². The van der Waals surface area contributed by atoms with Gasteiger partial charge in [-0.1, -0.05) is 71.3 Å². The molecule has 0 amide bonds. The van der Waals surface area contributed by atoms with Crippen LogP contribution in [0.4, 0.5) is 8.78 Å². The number of benzene rings is 1. The van der Waals surface area contributed by atoms with E-state index in [-0.39, 0.29) is 11.7 Å². The Morgan fingerprint density at radius 1 is 0.815 bits per heavy atom. The van der Waals surface area contributed by atoms with Crippen LogP contribution in [-0.2, 0) is 0 Å². The topological polar surface area (TPSA) is 9.23 Å². The Bertz CT molecular complexity index is 535. The molecule has 0 heterocycles. The molecule has 1 nitrogen and oxygen atoms in total. The zero-order chi connectivity index (χ0) is 19.5. The maximum absolute atomic E-state index is 14.6. The molecule has 27 heavy (non-hydrogen) atoms. The number of halogens is 2.